The minimum absolute atomic E-state index is 0.240. The first-order valence-corrected chi connectivity index (χ1v) is 11.4. The van der Waals surface area contributed by atoms with Gasteiger partial charge in [0.05, 0.1) is 5.56 Å². The molecule has 2 aromatic carbocycles. The van der Waals surface area contributed by atoms with Gasteiger partial charge in [-0.1, -0.05) is 30.0 Å². The van der Waals surface area contributed by atoms with Crippen molar-refractivity contribution in [3.63, 3.8) is 0 Å². The average molecular weight is 452 g/mol. The normalized spacial score (nSPS) is 18.8. The molecule has 2 aromatic rings. The summed E-state index contributed by atoms with van der Waals surface area (Å²) in [6, 6.07) is 8.31. The summed E-state index contributed by atoms with van der Waals surface area (Å²) in [7, 11) is 0. The molecule has 1 saturated heterocycles. The zero-order valence-electron chi connectivity index (χ0n) is 17.1. The van der Waals surface area contributed by atoms with Crippen LogP contribution in [0.25, 0.3) is 5.57 Å². The Hall–Kier alpha value is -1.83. The topological polar surface area (TPSA) is 23.5 Å². The van der Waals surface area contributed by atoms with E-state index in [1.165, 1.54) is 30.0 Å². The van der Waals surface area contributed by atoms with E-state index in [0.29, 0.717) is 15.7 Å². The van der Waals surface area contributed by atoms with Gasteiger partial charge in [-0.3, -0.25) is 0 Å². The third-order valence-corrected chi connectivity index (χ3v) is 7.21. The highest BCUT2D eigenvalue weighted by molar-refractivity contribution is 7.99. The average Bonchev–Trinajstić information content (AvgIpc) is 2.73. The molecule has 0 bridgehead atoms. The predicted molar refractivity (Wildman–Crippen MR) is 115 cm³/mol. The predicted octanol–water partition coefficient (Wildman–Crippen LogP) is 6.23. The maximum absolute atomic E-state index is 13.8. The summed E-state index contributed by atoms with van der Waals surface area (Å²) in [5.74, 6) is 0.193. The number of hydrogen-bond acceptors (Lipinski definition) is 3. The van der Waals surface area contributed by atoms with E-state index in [-0.39, 0.29) is 6.61 Å². The number of aliphatic hydroxyl groups excluding tert-OH is 1. The van der Waals surface area contributed by atoms with Crippen molar-refractivity contribution in [2.24, 2.45) is 5.92 Å². The van der Waals surface area contributed by atoms with Gasteiger partial charge >= 0.3 is 6.18 Å². The molecule has 1 N–H and O–H groups in total. The zero-order valence-corrected chi connectivity index (χ0v) is 17.9. The first-order chi connectivity index (χ1) is 14.8. The van der Waals surface area contributed by atoms with Gasteiger partial charge in [-0.15, -0.1) is 0 Å². The Morgan fingerprint density at radius 2 is 1.71 bits per heavy atom. The zero-order chi connectivity index (χ0) is 22.0. The van der Waals surface area contributed by atoms with Gasteiger partial charge < -0.3 is 10.0 Å². The quantitative estimate of drug-likeness (QED) is 0.466. The Bertz CT molecular complexity index is 965. The number of piperidine rings is 1. The fourth-order valence-electron chi connectivity index (χ4n) is 4.36. The van der Waals surface area contributed by atoms with Crippen molar-refractivity contribution in [1.82, 2.24) is 4.90 Å². The molecule has 166 valence electrons. The molecule has 31 heavy (non-hydrogen) atoms. The van der Waals surface area contributed by atoms with Crippen molar-refractivity contribution in [3.8, 4) is 0 Å². The monoisotopic (exact) mass is 451 g/mol. The standard InChI is InChI=1S/C24H25F4NOS/c25-18-4-6-21-19(2-1-10-29-11-7-16(8-12-29)9-13-30)20-5-3-17(24(26,27)28)14-22(20)31-23(21)15-18/h2-6,14-16,30H,1,7-13H2/b19-2-. The second-order valence-electron chi connectivity index (χ2n) is 8.16. The van der Waals surface area contributed by atoms with Crippen LogP contribution in [-0.2, 0) is 6.18 Å². The van der Waals surface area contributed by atoms with Crippen molar-refractivity contribution >= 4 is 17.3 Å². The second-order valence-corrected chi connectivity index (χ2v) is 9.24. The number of fused-ring (bicyclic) bond motifs is 2. The first-order valence-electron chi connectivity index (χ1n) is 10.6. The van der Waals surface area contributed by atoms with Gasteiger partial charge in [-0.2, -0.15) is 13.2 Å². The highest BCUT2D eigenvalue weighted by atomic mass is 32.2. The van der Waals surface area contributed by atoms with E-state index in [9.17, 15) is 17.6 Å². The lowest BCUT2D eigenvalue weighted by atomic mass is 9.93. The lowest BCUT2D eigenvalue weighted by Gasteiger charge is -2.31. The van der Waals surface area contributed by atoms with Crippen molar-refractivity contribution < 1.29 is 22.7 Å². The molecule has 0 amide bonds. The van der Waals surface area contributed by atoms with E-state index in [1.54, 1.807) is 6.07 Å². The Kier molecular flexibility index (Phi) is 6.74. The van der Waals surface area contributed by atoms with Gasteiger partial charge in [0.15, 0.2) is 0 Å². The Morgan fingerprint density at radius 3 is 2.39 bits per heavy atom. The number of hydrogen-bond donors (Lipinski definition) is 1. The van der Waals surface area contributed by atoms with Gasteiger partial charge in [0, 0.05) is 22.9 Å². The highest BCUT2D eigenvalue weighted by Gasteiger charge is 2.32. The largest absolute Gasteiger partial charge is 0.416 e. The van der Waals surface area contributed by atoms with Crippen LogP contribution in [0.3, 0.4) is 0 Å². The first kappa shape index (κ1) is 22.4. The summed E-state index contributed by atoms with van der Waals surface area (Å²) in [6.07, 6.45) is 1.45. The molecule has 0 radical (unpaired) electrons. The number of aliphatic hydroxyl groups is 1. The fraction of sp³-hybridized carbons (Fsp3) is 0.417. The Morgan fingerprint density at radius 1 is 1.03 bits per heavy atom. The third-order valence-electron chi connectivity index (χ3n) is 6.09. The number of benzene rings is 2. The van der Waals surface area contributed by atoms with Gasteiger partial charge in [0.25, 0.3) is 0 Å². The Labute approximate surface area is 184 Å². The maximum Gasteiger partial charge on any atom is 0.416 e. The lowest BCUT2D eigenvalue weighted by Crippen LogP contribution is -2.34. The molecule has 0 atom stereocenters. The summed E-state index contributed by atoms with van der Waals surface area (Å²) in [5, 5.41) is 9.10. The molecule has 4 rings (SSSR count). The van der Waals surface area contributed by atoms with Gasteiger partial charge in [0.2, 0.25) is 0 Å². The van der Waals surface area contributed by atoms with E-state index >= 15 is 0 Å². The molecular formula is C24H25F4NOS. The highest BCUT2D eigenvalue weighted by Crippen LogP contribution is 2.47. The SMILES string of the molecule is OCCC1CCN(CC/C=C2\c3ccc(F)cc3Sc3cc(C(F)(F)F)ccc32)CC1. The van der Waals surface area contributed by atoms with E-state index in [0.717, 1.165) is 74.2 Å². The van der Waals surface area contributed by atoms with Crippen molar-refractivity contribution in [3.05, 3.63) is 65.0 Å². The molecule has 0 aliphatic carbocycles. The van der Waals surface area contributed by atoms with Crippen LogP contribution in [0.5, 0.6) is 0 Å². The van der Waals surface area contributed by atoms with E-state index < -0.39 is 17.6 Å². The molecule has 0 spiro atoms. The van der Waals surface area contributed by atoms with Crippen LogP contribution in [0.4, 0.5) is 17.6 Å². The van der Waals surface area contributed by atoms with Gasteiger partial charge in [0.1, 0.15) is 5.82 Å². The van der Waals surface area contributed by atoms with Crippen LogP contribution in [-0.4, -0.2) is 36.2 Å². The van der Waals surface area contributed by atoms with Gasteiger partial charge in [-0.25, -0.2) is 4.39 Å². The molecule has 0 saturated carbocycles. The molecule has 0 unspecified atom stereocenters. The number of alkyl halides is 3. The smallest absolute Gasteiger partial charge is 0.396 e. The number of halogens is 4. The fourth-order valence-corrected chi connectivity index (χ4v) is 5.54. The summed E-state index contributed by atoms with van der Waals surface area (Å²) in [6.45, 7) is 3.10. The molecule has 2 nitrogen and oxygen atoms in total. The van der Waals surface area contributed by atoms with Gasteiger partial charge in [-0.05, 0) is 85.7 Å². The minimum Gasteiger partial charge on any atom is -0.396 e. The maximum atomic E-state index is 13.8. The van der Waals surface area contributed by atoms with Crippen LogP contribution in [0.15, 0.2) is 52.3 Å². The molecule has 2 aliphatic heterocycles. The molecule has 1 fully saturated rings. The van der Waals surface area contributed by atoms with Crippen LogP contribution < -0.4 is 0 Å². The van der Waals surface area contributed by atoms with E-state index in [4.69, 9.17) is 5.11 Å². The summed E-state index contributed by atoms with van der Waals surface area (Å²) in [5.41, 5.74) is 1.80. The van der Waals surface area contributed by atoms with Crippen molar-refractivity contribution in [2.75, 3.05) is 26.2 Å². The summed E-state index contributed by atoms with van der Waals surface area (Å²) < 4.78 is 53.4. The number of likely N-dealkylation sites (tertiary alicyclic amines) is 1. The van der Waals surface area contributed by atoms with Crippen molar-refractivity contribution in [1.29, 1.82) is 0 Å². The summed E-state index contributed by atoms with van der Waals surface area (Å²) >= 11 is 1.19. The van der Waals surface area contributed by atoms with E-state index in [1.807, 2.05) is 0 Å². The van der Waals surface area contributed by atoms with Crippen LogP contribution in [0, 0.1) is 11.7 Å². The van der Waals surface area contributed by atoms with E-state index in [2.05, 4.69) is 11.0 Å². The molecule has 2 heterocycles. The third kappa shape index (κ3) is 5.16. The van der Waals surface area contributed by atoms with Crippen molar-refractivity contribution in [2.45, 2.75) is 41.7 Å². The van der Waals surface area contributed by atoms with Crippen LogP contribution in [0.2, 0.25) is 0 Å². The Balaban J connectivity index is 1.55. The molecular weight excluding hydrogens is 426 g/mol. The molecule has 0 aromatic heterocycles. The minimum atomic E-state index is -4.41. The lowest BCUT2D eigenvalue weighted by molar-refractivity contribution is -0.137. The molecule has 2 aliphatic rings. The second kappa shape index (κ2) is 9.35. The number of nitrogens with zero attached hydrogens (tertiary/aromatic N) is 1. The summed E-state index contributed by atoms with van der Waals surface area (Å²) in [4.78, 5) is 3.54. The molecule has 7 heteroatoms. The van der Waals surface area contributed by atoms with Crippen LogP contribution >= 0.6 is 11.8 Å². The number of rotatable bonds is 5. The van der Waals surface area contributed by atoms with Crippen LogP contribution in [0.1, 0.15) is 42.4 Å².